The Morgan fingerprint density at radius 2 is 1.74 bits per heavy atom. The topological polar surface area (TPSA) is 107 Å². The quantitative estimate of drug-likeness (QED) is 0.228. The van der Waals surface area contributed by atoms with Gasteiger partial charge in [-0.15, -0.1) is 0 Å². The second-order valence-corrected chi connectivity index (χ2v) is 8.99. The van der Waals surface area contributed by atoms with E-state index in [1.807, 2.05) is 48.5 Å². The van der Waals surface area contributed by atoms with Crippen molar-refractivity contribution in [3.05, 3.63) is 88.2 Å². The van der Waals surface area contributed by atoms with Crippen LogP contribution in [0.1, 0.15) is 30.4 Å². The first kappa shape index (κ1) is 22.7. The second-order valence-electron chi connectivity index (χ2n) is 8.99. The van der Waals surface area contributed by atoms with Crippen LogP contribution in [0.2, 0.25) is 0 Å². The number of piperidine rings is 1. The summed E-state index contributed by atoms with van der Waals surface area (Å²) < 4.78 is 0. The highest BCUT2D eigenvalue weighted by atomic mass is 16.3. The van der Waals surface area contributed by atoms with Crippen LogP contribution in [0.4, 0.5) is 22.7 Å². The van der Waals surface area contributed by atoms with Gasteiger partial charge in [0.15, 0.2) is 0 Å². The van der Waals surface area contributed by atoms with E-state index in [4.69, 9.17) is 5.73 Å². The Hall–Kier alpha value is -4.10. The Labute approximate surface area is 203 Å². The van der Waals surface area contributed by atoms with Crippen LogP contribution in [0.5, 0.6) is 5.88 Å². The van der Waals surface area contributed by atoms with E-state index in [9.17, 15) is 9.90 Å². The number of hydrogen-bond acceptors (Lipinski definition) is 6. The van der Waals surface area contributed by atoms with Gasteiger partial charge >= 0.3 is 0 Å². The van der Waals surface area contributed by atoms with Crippen molar-refractivity contribution in [2.24, 2.45) is 4.99 Å². The number of aliphatic imine (C=N–C) groups is 1. The molecular weight excluding hydrogens is 438 g/mol. The monoisotopic (exact) mass is 467 g/mol. The highest BCUT2D eigenvalue weighted by molar-refractivity contribution is 6.03. The molecule has 1 aliphatic heterocycles. The molecule has 1 aliphatic rings. The number of nitrogens with two attached hydrogens (primary N) is 1. The van der Waals surface area contributed by atoms with Gasteiger partial charge in [0.05, 0.1) is 11.3 Å². The fraction of sp³-hybridized carbons (Fsp3) is 0.214. The van der Waals surface area contributed by atoms with Gasteiger partial charge in [0.2, 0.25) is 5.88 Å². The maximum absolute atomic E-state index is 12.4. The van der Waals surface area contributed by atoms with Crippen molar-refractivity contribution >= 4 is 39.7 Å². The lowest BCUT2D eigenvalue weighted by molar-refractivity contribution is 0.221. The van der Waals surface area contributed by atoms with Gasteiger partial charge in [-0.2, -0.15) is 0 Å². The lowest BCUT2D eigenvalue weighted by Crippen LogP contribution is -2.28. The van der Waals surface area contributed by atoms with E-state index in [1.165, 1.54) is 24.8 Å². The molecule has 0 spiro atoms. The zero-order valence-corrected chi connectivity index (χ0v) is 19.5. The minimum Gasteiger partial charge on any atom is -0.494 e. The van der Waals surface area contributed by atoms with Gasteiger partial charge in [0.25, 0.3) is 5.56 Å². The number of fused-ring (bicyclic) bond motifs is 1. The summed E-state index contributed by atoms with van der Waals surface area (Å²) in [6.07, 6.45) is 5.47. The molecular formula is C28H29N5O2. The fourth-order valence-electron chi connectivity index (χ4n) is 4.53. The molecule has 0 amide bonds. The third kappa shape index (κ3) is 5.36. The number of benzene rings is 3. The van der Waals surface area contributed by atoms with E-state index in [0.29, 0.717) is 22.0 Å². The standard InChI is InChI=1S/C28H29N5O2/c29-20-5-4-6-22(15-20)31-23-11-12-24-25(16-23)26(28(35)32-27(24)34)17-30-21-9-7-19(8-10-21)18-33-13-2-1-3-14-33/h4-12,15-17,31H,1-3,13-14,18,29H2,(H2,32,34,35). The number of rotatable bonds is 6. The molecule has 1 saturated heterocycles. The summed E-state index contributed by atoms with van der Waals surface area (Å²) in [6.45, 7) is 3.28. The molecule has 0 bridgehead atoms. The molecule has 7 nitrogen and oxygen atoms in total. The molecule has 35 heavy (non-hydrogen) atoms. The number of nitrogens with zero attached hydrogens (tertiary/aromatic N) is 2. The zero-order chi connectivity index (χ0) is 24.2. The van der Waals surface area contributed by atoms with Crippen LogP contribution in [0, 0.1) is 0 Å². The maximum Gasteiger partial charge on any atom is 0.258 e. The van der Waals surface area contributed by atoms with Crippen LogP contribution in [0.15, 0.2) is 76.5 Å². The highest BCUT2D eigenvalue weighted by Crippen LogP contribution is 2.27. The molecule has 0 saturated carbocycles. The molecule has 5 rings (SSSR count). The third-order valence-electron chi connectivity index (χ3n) is 6.35. The largest absolute Gasteiger partial charge is 0.494 e. The van der Waals surface area contributed by atoms with Crippen LogP contribution in [-0.2, 0) is 6.54 Å². The van der Waals surface area contributed by atoms with Gasteiger partial charge < -0.3 is 16.2 Å². The normalized spacial score (nSPS) is 14.5. The van der Waals surface area contributed by atoms with E-state index in [2.05, 4.69) is 32.3 Å². The molecule has 7 heteroatoms. The molecule has 2 heterocycles. The van der Waals surface area contributed by atoms with Gasteiger partial charge in [-0.1, -0.05) is 24.6 Å². The number of hydrogen-bond donors (Lipinski definition) is 4. The molecule has 1 fully saturated rings. The molecule has 178 valence electrons. The van der Waals surface area contributed by atoms with E-state index in [0.717, 1.165) is 36.7 Å². The van der Waals surface area contributed by atoms with Crippen molar-refractivity contribution in [2.45, 2.75) is 25.8 Å². The SMILES string of the molecule is Nc1cccc(Nc2ccc3c(=O)[nH]c(O)c(C=Nc4ccc(CN5CCCCC5)cc4)c3c2)c1. The van der Waals surface area contributed by atoms with Gasteiger partial charge in [-0.3, -0.25) is 19.7 Å². The number of pyridine rings is 1. The molecule has 5 N–H and O–H groups in total. The number of likely N-dealkylation sites (tertiary alicyclic amines) is 1. The number of anilines is 3. The van der Waals surface area contributed by atoms with Crippen LogP contribution >= 0.6 is 0 Å². The first-order valence-corrected chi connectivity index (χ1v) is 11.9. The molecule has 0 aliphatic carbocycles. The van der Waals surface area contributed by atoms with Gasteiger partial charge in [0, 0.05) is 40.6 Å². The number of nitrogens with one attached hydrogen (secondary N) is 2. The lowest BCUT2D eigenvalue weighted by atomic mass is 10.1. The summed E-state index contributed by atoms with van der Waals surface area (Å²) >= 11 is 0. The summed E-state index contributed by atoms with van der Waals surface area (Å²) in [4.78, 5) is 22.0. The number of H-pyrrole nitrogens is 1. The molecule has 4 aromatic rings. The molecule has 0 unspecified atom stereocenters. The number of nitrogen functional groups attached to an aromatic ring is 1. The number of aromatic hydroxyl groups is 1. The van der Waals surface area contributed by atoms with Crippen LogP contribution in [0.25, 0.3) is 10.8 Å². The van der Waals surface area contributed by atoms with Crippen molar-refractivity contribution < 1.29 is 5.11 Å². The third-order valence-corrected chi connectivity index (χ3v) is 6.35. The van der Waals surface area contributed by atoms with Crippen LogP contribution in [0.3, 0.4) is 0 Å². The Morgan fingerprint density at radius 1 is 0.971 bits per heavy atom. The summed E-state index contributed by atoms with van der Waals surface area (Å²) in [5.41, 5.74) is 10.3. The number of aromatic nitrogens is 1. The van der Waals surface area contributed by atoms with Crippen molar-refractivity contribution in [1.29, 1.82) is 0 Å². The van der Waals surface area contributed by atoms with E-state index in [1.54, 1.807) is 12.3 Å². The molecule has 0 atom stereocenters. The summed E-state index contributed by atoms with van der Waals surface area (Å²) in [6, 6.07) is 21.0. The van der Waals surface area contributed by atoms with Gasteiger partial charge in [-0.25, -0.2) is 0 Å². The van der Waals surface area contributed by atoms with Crippen molar-refractivity contribution in [3.63, 3.8) is 0 Å². The molecule has 0 radical (unpaired) electrons. The average Bonchev–Trinajstić information content (AvgIpc) is 2.85. The maximum atomic E-state index is 12.4. The Morgan fingerprint density at radius 3 is 2.51 bits per heavy atom. The smallest absolute Gasteiger partial charge is 0.258 e. The predicted molar refractivity (Wildman–Crippen MR) is 143 cm³/mol. The van der Waals surface area contributed by atoms with E-state index >= 15 is 0 Å². The highest BCUT2D eigenvalue weighted by Gasteiger charge is 2.12. The molecule has 1 aromatic heterocycles. The average molecular weight is 468 g/mol. The zero-order valence-electron chi connectivity index (χ0n) is 19.5. The Bertz CT molecular complexity index is 1420. The predicted octanol–water partition coefficient (Wildman–Crippen LogP) is 5.30. The Balaban J connectivity index is 1.41. The summed E-state index contributed by atoms with van der Waals surface area (Å²) in [7, 11) is 0. The first-order chi connectivity index (χ1) is 17.0. The van der Waals surface area contributed by atoms with Crippen LogP contribution in [-0.4, -0.2) is 34.3 Å². The first-order valence-electron chi connectivity index (χ1n) is 11.9. The number of aromatic amines is 1. The fourth-order valence-corrected chi connectivity index (χ4v) is 4.53. The van der Waals surface area contributed by atoms with E-state index < -0.39 is 0 Å². The van der Waals surface area contributed by atoms with Crippen molar-refractivity contribution in [1.82, 2.24) is 9.88 Å². The molecule has 3 aromatic carbocycles. The lowest BCUT2D eigenvalue weighted by Gasteiger charge is -2.26. The summed E-state index contributed by atoms with van der Waals surface area (Å²) in [5.74, 6) is -0.214. The Kier molecular flexibility index (Phi) is 6.50. The van der Waals surface area contributed by atoms with E-state index in [-0.39, 0.29) is 11.4 Å². The minimum atomic E-state index is -0.354. The van der Waals surface area contributed by atoms with Gasteiger partial charge in [-0.05, 0) is 80.0 Å². The van der Waals surface area contributed by atoms with Crippen molar-refractivity contribution in [2.75, 3.05) is 24.1 Å². The second kappa shape index (κ2) is 10.0. The van der Waals surface area contributed by atoms with Crippen molar-refractivity contribution in [3.8, 4) is 5.88 Å². The van der Waals surface area contributed by atoms with Gasteiger partial charge in [0.1, 0.15) is 0 Å². The minimum absolute atomic E-state index is 0.214. The summed E-state index contributed by atoms with van der Waals surface area (Å²) in [5, 5.41) is 14.9. The van der Waals surface area contributed by atoms with Crippen LogP contribution < -0.4 is 16.6 Å².